The highest BCUT2D eigenvalue weighted by Crippen LogP contribution is 2.20. The lowest BCUT2D eigenvalue weighted by atomic mass is 10.1. The zero-order valence-electron chi connectivity index (χ0n) is 20.7. The van der Waals surface area contributed by atoms with Crippen LogP contribution in [-0.4, -0.2) is 95.4 Å². The van der Waals surface area contributed by atoms with E-state index in [2.05, 4.69) is 9.72 Å². The van der Waals surface area contributed by atoms with Crippen molar-refractivity contribution in [2.75, 3.05) is 34.4 Å². The molecule has 0 fully saturated rings. The fraction of sp³-hybridized carbons (Fsp3) is 0.565. The van der Waals surface area contributed by atoms with Crippen molar-refractivity contribution in [1.82, 2.24) is 14.8 Å². The summed E-state index contributed by atoms with van der Waals surface area (Å²) in [5.74, 6) is -5.63. The molecule has 1 rings (SSSR count). The number of carboxylic acids is 2. The van der Waals surface area contributed by atoms with E-state index in [9.17, 15) is 24.0 Å². The number of esters is 2. The molecule has 2 N–H and O–H groups in total. The predicted molar refractivity (Wildman–Crippen MR) is 124 cm³/mol. The second-order valence-corrected chi connectivity index (χ2v) is 8.18. The molecule has 0 bridgehead atoms. The number of carbonyl (C=O) groups is 5. The Morgan fingerprint density at radius 2 is 1.53 bits per heavy atom. The Labute approximate surface area is 208 Å². The third-order valence-electron chi connectivity index (χ3n) is 5.10. The molecule has 1 unspecified atom stereocenters. The Morgan fingerprint density at radius 1 is 0.917 bits per heavy atom. The summed E-state index contributed by atoms with van der Waals surface area (Å²) in [4.78, 5) is 62.9. The third kappa shape index (κ3) is 11.6. The van der Waals surface area contributed by atoms with Gasteiger partial charge in [-0.25, -0.2) is 24.0 Å². The maximum absolute atomic E-state index is 12.0. The molecule has 1 amide bonds. The summed E-state index contributed by atoms with van der Waals surface area (Å²) in [6.07, 6.45) is 5.19. The molecule has 13 heteroatoms. The summed E-state index contributed by atoms with van der Waals surface area (Å²) in [5, 5.41) is 17.3. The van der Waals surface area contributed by atoms with Crippen LogP contribution in [0.25, 0.3) is 0 Å². The average Bonchev–Trinajstić information content (AvgIpc) is 2.82. The van der Waals surface area contributed by atoms with Crippen LogP contribution < -0.4 is 4.74 Å². The van der Waals surface area contributed by atoms with Gasteiger partial charge in [0.05, 0.1) is 12.3 Å². The van der Waals surface area contributed by atoms with Crippen LogP contribution >= 0.6 is 0 Å². The molecular weight excluding hydrogens is 478 g/mol. The number of hydrogen-bond donors (Lipinski definition) is 2. The summed E-state index contributed by atoms with van der Waals surface area (Å²) in [5.41, 5.74) is 0.487. The first-order chi connectivity index (χ1) is 17.0. The first-order valence-electron chi connectivity index (χ1n) is 11.4. The lowest BCUT2D eigenvalue weighted by molar-refractivity contribution is -0.165. The second kappa shape index (κ2) is 16.0. The number of carboxylic acid groups (broad SMARTS) is 2. The molecule has 0 aliphatic rings. The van der Waals surface area contributed by atoms with Crippen LogP contribution in [0, 0.1) is 0 Å². The molecule has 36 heavy (non-hydrogen) atoms. The number of likely N-dealkylation sites (N-methyl/N-ethyl adjacent to an activating group) is 1. The van der Waals surface area contributed by atoms with Gasteiger partial charge >= 0.3 is 30.0 Å². The van der Waals surface area contributed by atoms with Gasteiger partial charge < -0.3 is 29.3 Å². The second-order valence-electron chi connectivity index (χ2n) is 8.18. The van der Waals surface area contributed by atoms with Crippen molar-refractivity contribution in [2.24, 2.45) is 0 Å². The van der Waals surface area contributed by atoms with Gasteiger partial charge in [0, 0.05) is 32.9 Å². The van der Waals surface area contributed by atoms with E-state index in [0.717, 1.165) is 25.7 Å². The minimum atomic E-state index is -1.68. The fourth-order valence-electron chi connectivity index (χ4n) is 3.09. The largest absolute Gasteiger partial charge is 0.473 e. The van der Waals surface area contributed by atoms with Gasteiger partial charge in [-0.2, -0.15) is 0 Å². The highest BCUT2D eigenvalue weighted by atomic mass is 16.6. The van der Waals surface area contributed by atoms with Gasteiger partial charge in [0.1, 0.15) is 6.61 Å². The number of ether oxygens (including phenoxy) is 3. The Bertz CT molecular complexity index is 906. The van der Waals surface area contributed by atoms with E-state index in [1.807, 2.05) is 4.90 Å². The van der Waals surface area contributed by atoms with Crippen molar-refractivity contribution in [2.45, 2.75) is 51.1 Å². The van der Waals surface area contributed by atoms with Crippen LogP contribution in [0.1, 0.15) is 44.2 Å². The molecule has 0 aliphatic carbocycles. The monoisotopic (exact) mass is 511 g/mol. The summed E-state index contributed by atoms with van der Waals surface area (Å²) >= 11 is 0. The molecule has 1 aromatic rings. The first kappa shape index (κ1) is 30.3. The summed E-state index contributed by atoms with van der Waals surface area (Å²) in [6.45, 7) is 0.139. The topological polar surface area (TPSA) is 173 Å². The van der Waals surface area contributed by atoms with Crippen molar-refractivity contribution in [1.29, 1.82) is 0 Å². The number of unbranched alkanes of at least 4 members (excludes halogenated alkanes) is 4. The van der Waals surface area contributed by atoms with Gasteiger partial charge in [-0.1, -0.05) is 25.7 Å². The van der Waals surface area contributed by atoms with Gasteiger partial charge in [0.15, 0.2) is 5.75 Å². The molecule has 0 aliphatic heterocycles. The van der Waals surface area contributed by atoms with Crippen molar-refractivity contribution in [3.63, 3.8) is 0 Å². The number of nitrogens with zero attached hydrogens (tertiary/aromatic N) is 3. The summed E-state index contributed by atoms with van der Waals surface area (Å²) < 4.78 is 14.8. The molecule has 0 saturated carbocycles. The molecule has 0 aromatic carbocycles. The number of aliphatic carboxylic acids is 2. The summed E-state index contributed by atoms with van der Waals surface area (Å²) in [7, 11) is 4.88. The number of aromatic nitrogens is 1. The Kier molecular flexibility index (Phi) is 13.5. The molecule has 1 heterocycles. The van der Waals surface area contributed by atoms with Crippen molar-refractivity contribution >= 4 is 30.0 Å². The first-order valence-corrected chi connectivity index (χ1v) is 11.4. The standard InChI is InChI=1S/C23H33N3O10/c1-25(2)23(33)36-18-11-9-12-24-17(18)14-26(3)16(15-35-22(32)20(29)30)10-7-5-4-6-8-13-34-21(31)19(27)28/h9,11-12,16H,4-8,10,13-15H2,1-3H3,(H,27,28)(H,29,30). The molecule has 0 radical (unpaired) electrons. The van der Waals surface area contributed by atoms with Crippen LogP contribution in [-0.2, 0) is 35.2 Å². The van der Waals surface area contributed by atoms with Crippen molar-refractivity contribution in [3.8, 4) is 5.75 Å². The van der Waals surface area contributed by atoms with E-state index < -0.39 is 30.0 Å². The van der Waals surface area contributed by atoms with Gasteiger partial charge in [-0.15, -0.1) is 0 Å². The minimum Gasteiger partial charge on any atom is -0.473 e. The van der Waals surface area contributed by atoms with Crippen LogP contribution in [0.4, 0.5) is 4.79 Å². The lowest BCUT2D eigenvalue weighted by Crippen LogP contribution is -2.37. The zero-order chi connectivity index (χ0) is 27.1. The van der Waals surface area contributed by atoms with Crippen molar-refractivity contribution in [3.05, 3.63) is 24.0 Å². The van der Waals surface area contributed by atoms with E-state index in [1.54, 1.807) is 39.5 Å². The Hall–Kier alpha value is -3.74. The average molecular weight is 512 g/mol. The number of pyridine rings is 1. The van der Waals surface area contributed by atoms with Gasteiger partial charge in [0.25, 0.3) is 0 Å². The number of carbonyl (C=O) groups excluding carboxylic acids is 3. The highest BCUT2D eigenvalue weighted by Gasteiger charge is 2.22. The van der Waals surface area contributed by atoms with E-state index in [-0.39, 0.29) is 31.5 Å². The molecule has 0 saturated heterocycles. The summed E-state index contributed by atoms with van der Waals surface area (Å²) in [6, 6.07) is 2.92. The lowest BCUT2D eigenvalue weighted by Gasteiger charge is -2.28. The zero-order valence-corrected chi connectivity index (χ0v) is 20.7. The molecule has 1 atom stereocenters. The van der Waals surface area contributed by atoms with Crippen LogP contribution in [0.15, 0.2) is 18.3 Å². The normalized spacial score (nSPS) is 11.4. The molecule has 1 aromatic heterocycles. The van der Waals surface area contributed by atoms with Gasteiger partial charge in [-0.05, 0) is 32.0 Å². The maximum Gasteiger partial charge on any atom is 0.417 e. The Morgan fingerprint density at radius 3 is 2.17 bits per heavy atom. The number of hydrogen-bond acceptors (Lipinski definition) is 10. The van der Waals surface area contributed by atoms with Gasteiger partial charge in [-0.3, -0.25) is 9.88 Å². The highest BCUT2D eigenvalue weighted by molar-refractivity contribution is 6.29. The van der Waals surface area contributed by atoms with E-state index in [0.29, 0.717) is 18.5 Å². The molecule has 200 valence electrons. The minimum absolute atomic E-state index is 0.0342. The maximum atomic E-state index is 12.0. The van der Waals surface area contributed by atoms with Crippen LogP contribution in [0.3, 0.4) is 0 Å². The predicted octanol–water partition coefficient (Wildman–Crippen LogP) is 1.54. The molecular formula is C23H33N3O10. The SMILES string of the molecule is CN(C)C(=O)Oc1cccnc1CN(C)C(CCCCCCCOC(=O)C(=O)O)COC(=O)C(=O)O. The molecule has 13 nitrogen and oxygen atoms in total. The number of amides is 1. The molecule has 0 spiro atoms. The fourth-order valence-corrected chi connectivity index (χ4v) is 3.09. The third-order valence-corrected chi connectivity index (χ3v) is 5.10. The van der Waals surface area contributed by atoms with Gasteiger partial charge in [0.2, 0.25) is 0 Å². The smallest absolute Gasteiger partial charge is 0.417 e. The van der Waals surface area contributed by atoms with E-state index >= 15 is 0 Å². The van der Waals surface area contributed by atoms with Crippen LogP contribution in [0.5, 0.6) is 5.75 Å². The quantitative estimate of drug-likeness (QED) is 0.210. The Balaban J connectivity index is 2.65. The van der Waals surface area contributed by atoms with Crippen LogP contribution in [0.2, 0.25) is 0 Å². The number of rotatable bonds is 14. The van der Waals surface area contributed by atoms with Crippen molar-refractivity contribution < 1.29 is 48.4 Å². The van der Waals surface area contributed by atoms with E-state index in [4.69, 9.17) is 19.7 Å². The van der Waals surface area contributed by atoms with E-state index in [1.165, 1.54) is 4.90 Å².